The molecule has 3 N–H and O–H groups in total. The molecule has 0 bridgehead atoms. The fourth-order valence-electron chi connectivity index (χ4n) is 1.38. The van der Waals surface area contributed by atoms with Crippen molar-refractivity contribution in [1.82, 2.24) is 4.72 Å². The number of nitrogens with one attached hydrogen (secondary N) is 1. The number of hydrogen-bond acceptors (Lipinski definition) is 5. The molecule has 0 aliphatic carbocycles. The van der Waals surface area contributed by atoms with Gasteiger partial charge in [-0.3, -0.25) is 0 Å². The minimum Gasteiger partial charge on any atom is -0.330 e. The van der Waals surface area contributed by atoms with Crippen LogP contribution in [0, 0.1) is 0 Å². The molecule has 16 heavy (non-hydrogen) atoms. The van der Waals surface area contributed by atoms with Gasteiger partial charge in [-0.05, 0) is 19.4 Å². The fraction of sp³-hybridized carbons (Fsp3) is 1.00. The second-order valence-electron chi connectivity index (χ2n) is 3.73. The van der Waals surface area contributed by atoms with Crippen LogP contribution in [0.3, 0.4) is 0 Å². The molecule has 96 valence electrons. The molecule has 0 aromatic heterocycles. The first-order valence-corrected chi connectivity index (χ1v) is 9.36. The van der Waals surface area contributed by atoms with E-state index in [4.69, 9.17) is 5.73 Å². The van der Waals surface area contributed by atoms with E-state index in [2.05, 4.69) is 4.72 Å². The quantitative estimate of drug-likeness (QED) is 0.666. The van der Waals surface area contributed by atoms with E-state index >= 15 is 0 Å². The monoisotopic (exact) mass is 284 g/mol. The van der Waals surface area contributed by atoms with Gasteiger partial charge in [-0.15, -0.1) is 0 Å². The van der Waals surface area contributed by atoms with Crippen molar-refractivity contribution in [3.05, 3.63) is 0 Å². The lowest BCUT2D eigenvalue weighted by Gasteiger charge is -2.21. The second kappa shape index (κ2) is 7.81. The Morgan fingerprint density at radius 2 is 2.12 bits per heavy atom. The molecule has 0 amide bonds. The van der Waals surface area contributed by atoms with Gasteiger partial charge in [0.25, 0.3) is 0 Å². The van der Waals surface area contributed by atoms with E-state index in [1.54, 1.807) is 0 Å². The number of rotatable bonds is 7. The van der Waals surface area contributed by atoms with Crippen LogP contribution in [-0.2, 0) is 10.0 Å². The van der Waals surface area contributed by atoms with Crippen molar-refractivity contribution in [3.8, 4) is 0 Å². The Labute approximate surface area is 107 Å². The standard InChI is InChI=1S/C9H20N2O2S3/c10-3-1-2-6-16(12,13)11-7-9-8-14-4-5-15-9/h9,11H,1-8,10H2. The van der Waals surface area contributed by atoms with Gasteiger partial charge in [0.1, 0.15) is 0 Å². The van der Waals surface area contributed by atoms with Gasteiger partial charge in [0.2, 0.25) is 10.0 Å². The van der Waals surface area contributed by atoms with E-state index < -0.39 is 10.0 Å². The maximum atomic E-state index is 11.6. The molecule has 1 unspecified atom stereocenters. The van der Waals surface area contributed by atoms with E-state index in [0.29, 0.717) is 24.8 Å². The van der Waals surface area contributed by atoms with Crippen molar-refractivity contribution in [2.24, 2.45) is 5.73 Å². The van der Waals surface area contributed by atoms with Crippen LogP contribution < -0.4 is 10.5 Å². The smallest absolute Gasteiger partial charge is 0.211 e. The molecule has 4 nitrogen and oxygen atoms in total. The van der Waals surface area contributed by atoms with Crippen molar-refractivity contribution in [1.29, 1.82) is 0 Å². The number of unbranched alkanes of at least 4 members (excludes halogenated alkanes) is 1. The van der Waals surface area contributed by atoms with Gasteiger partial charge in [0.15, 0.2) is 0 Å². The third kappa shape index (κ3) is 6.34. The van der Waals surface area contributed by atoms with E-state index in [9.17, 15) is 8.42 Å². The Balaban J connectivity index is 2.18. The summed E-state index contributed by atoms with van der Waals surface area (Å²) in [7, 11) is -3.08. The third-order valence-electron chi connectivity index (χ3n) is 2.28. The predicted octanol–water partition coefficient (Wildman–Crippen LogP) is 0.493. The van der Waals surface area contributed by atoms with Crippen molar-refractivity contribution >= 4 is 33.5 Å². The Bertz CT molecular complexity index is 276. The average Bonchev–Trinajstić information content (AvgIpc) is 2.28. The summed E-state index contributed by atoms with van der Waals surface area (Å²) in [4.78, 5) is 0. The summed E-state index contributed by atoms with van der Waals surface area (Å²) in [6.45, 7) is 1.13. The van der Waals surface area contributed by atoms with Gasteiger partial charge in [0, 0.05) is 29.1 Å². The molecule has 1 aliphatic heterocycles. The Morgan fingerprint density at radius 3 is 2.75 bits per heavy atom. The average molecular weight is 284 g/mol. The normalized spacial score (nSPS) is 22.2. The summed E-state index contributed by atoms with van der Waals surface area (Å²) in [5.41, 5.74) is 5.33. The zero-order valence-corrected chi connectivity index (χ0v) is 11.8. The molecule has 1 aliphatic rings. The lowest BCUT2D eigenvalue weighted by Crippen LogP contribution is -2.34. The first-order valence-electron chi connectivity index (χ1n) is 5.51. The minimum atomic E-state index is -3.08. The summed E-state index contributed by atoms with van der Waals surface area (Å²) < 4.78 is 25.8. The highest BCUT2D eigenvalue weighted by Gasteiger charge is 2.17. The first kappa shape index (κ1) is 14.6. The summed E-state index contributed by atoms with van der Waals surface area (Å²) in [6, 6.07) is 0. The topological polar surface area (TPSA) is 72.2 Å². The van der Waals surface area contributed by atoms with Gasteiger partial charge in [-0.2, -0.15) is 23.5 Å². The summed E-state index contributed by atoms with van der Waals surface area (Å²) >= 11 is 3.77. The summed E-state index contributed by atoms with van der Waals surface area (Å²) in [5, 5.41) is 0.433. The number of thioether (sulfide) groups is 2. The van der Waals surface area contributed by atoms with Crippen molar-refractivity contribution in [2.45, 2.75) is 18.1 Å². The molecule has 0 radical (unpaired) electrons. The number of sulfonamides is 1. The Morgan fingerprint density at radius 1 is 1.31 bits per heavy atom. The molecule has 0 saturated carbocycles. The van der Waals surface area contributed by atoms with Gasteiger partial charge in [-0.1, -0.05) is 0 Å². The molecule has 1 atom stereocenters. The first-order chi connectivity index (χ1) is 7.64. The number of hydrogen-bond donors (Lipinski definition) is 2. The lowest BCUT2D eigenvalue weighted by atomic mass is 10.3. The second-order valence-corrected chi connectivity index (χ2v) is 8.22. The van der Waals surface area contributed by atoms with Crippen LogP contribution in [0.2, 0.25) is 0 Å². The summed E-state index contributed by atoms with van der Waals surface area (Å²) in [6.07, 6.45) is 1.42. The molecule has 1 fully saturated rings. The largest absolute Gasteiger partial charge is 0.330 e. The van der Waals surface area contributed by atoms with Crippen LogP contribution in [0.15, 0.2) is 0 Å². The Kier molecular flexibility index (Phi) is 7.14. The highest BCUT2D eigenvalue weighted by Crippen LogP contribution is 2.23. The molecule has 1 heterocycles. The van der Waals surface area contributed by atoms with Gasteiger partial charge >= 0.3 is 0 Å². The molecule has 7 heteroatoms. The maximum absolute atomic E-state index is 11.6. The highest BCUT2D eigenvalue weighted by molar-refractivity contribution is 8.06. The van der Waals surface area contributed by atoms with E-state index in [1.165, 1.54) is 5.75 Å². The van der Waals surface area contributed by atoms with Crippen LogP contribution in [0.5, 0.6) is 0 Å². The van der Waals surface area contributed by atoms with Crippen LogP contribution in [0.1, 0.15) is 12.8 Å². The van der Waals surface area contributed by atoms with Crippen LogP contribution in [0.25, 0.3) is 0 Å². The molecule has 1 saturated heterocycles. The predicted molar refractivity (Wildman–Crippen MR) is 73.6 cm³/mol. The SMILES string of the molecule is NCCCCS(=O)(=O)NCC1CSCCS1. The van der Waals surface area contributed by atoms with Gasteiger partial charge in [0.05, 0.1) is 5.75 Å². The molecular weight excluding hydrogens is 264 g/mol. The zero-order valence-electron chi connectivity index (χ0n) is 9.35. The fourth-order valence-corrected chi connectivity index (χ4v) is 5.28. The molecule has 0 aromatic rings. The maximum Gasteiger partial charge on any atom is 0.211 e. The molecule has 1 rings (SSSR count). The summed E-state index contributed by atoms with van der Waals surface area (Å²) in [5.74, 6) is 3.57. The minimum absolute atomic E-state index is 0.203. The van der Waals surface area contributed by atoms with Crippen molar-refractivity contribution in [3.63, 3.8) is 0 Å². The van der Waals surface area contributed by atoms with Gasteiger partial charge < -0.3 is 5.73 Å². The van der Waals surface area contributed by atoms with Crippen LogP contribution >= 0.6 is 23.5 Å². The van der Waals surface area contributed by atoms with Crippen molar-refractivity contribution < 1.29 is 8.42 Å². The lowest BCUT2D eigenvalue weighted by molar-refractivity contribution is 0.577. The van der Waals surface area contributed by atoms with E-state index in [1.807, 2.05) is 23.5 Å². The Hall–Kier alpha value is 0.570. The molecular formula is C9H20N2O2S3. The zero-order chi connectivity index (χ0) is 11.9. The molecule has 0 spiro atoms. The van der Waals surface area contributed by atoms with Crippen LogP contribution in [-0.4, -0.2) is 49.8 Å². The van der Waals surface area contributed by atoms with E-state index in [0.717, 1.165) is 17.9 Å². The van der Waals surface area contributed by atoms with E-state index in [-0.39, 0.29) is 5.75 Å². The van der Waals surface area contributed by atoms with Gasteiger partial charge in [-0.25, -0.2) is 13.1 Å². The number of nitrogens with two attached hydrogens (primary N) is 1. The third-order valence-corrected chi connectivity index (χ3v) is 6.56. The highest BCUT2D eigenvalue weighted by atomic mass is 32.2. The van der Waals surface area contributed by atoms with Crippen LogP contribution in [0.4, 0.5) is 0 Å². The molecule has 0 aromatic carbocycles. The van der Waals surface area contributed by atoms with Crippen molar-refractivity contribution in [2.75, 3.05) is 36.1 Å².